The minimum absolute atomic E-state index is 0.123. The molecule has 6 heteroatoms. The van der Waals surface area contributed by atoms with Crippen LogP contribution >= 0.6 is 0 Å². The van der Waals surface area contributed by atoms with E-state index in [0.717, 1.165) is 38.5 Å². The molecular weight excluding hydrogens is 524 g/mol. The number of ether oxygens (including phenoxy) is 2. The maximum atomic E-state index is 12.8. The summed E-state index contributed by atoms with van der Waals surface area (Å²) in [6.45, 7) is 2.21. The lowest BCUT2D eigenvalue weighted by Crippen LogP contribution is -2.26. The Kier molecular flexibility index (Phi) is 12.5. The maximum absolute atomic E-state index is 12.8. The van der Waals surface area contributed by atoms with Crippen molar-refractivity contribution in [2.24, 2.45) is 0 Å². The van der Waals surface area contributed by atoms with Crippen molar-refractivity contribution in [2.45, 2.75) is 38.5 Å². The quantitative estimate of drug-likeness (QED) is 0.141. The molecule has 0 saturated carbocycles. The zero-order valence-corrected chi connectivity index (χ0v) is 24.1. The maximum Gasteiger partial charge on any atom is 0.255 e. The van der Waals surface area contributed by atoms with E-state index in [1.165, 1.54) is 11.1 Å². The van der Waals surface area contributed by atoms with Gasteiger partial charge in [0.25, 0.3) is 11.8 Å². The number of para-hydroxylation sites is 2. The Bertz CT molecular complexity index is 1270. The fourth-order valence-corrected chi connectivity index (χ4v) is 4.61. The summed E-state index contributed by atoms with van der Waals surface area (Å²) < 4.78 is 11.9. The lowest BCUT2D eigenvalue weighted by atomic mass is 10.1. The van der Waals surface area contributed by atoms with Gasteiger partial charge >= 0.3 is 0 Å². The van der Waals surface area contributed by atoms with E-state index in [2.05, 4.69) is 34.9 Å². The number of rotatable bonds is 17. The van der Waals surface area contributed by atoms with Crippen LogP contribution < -0.4 is 20.1 Å². The third-order valence-electron chi connectivity index (χ3n) is 6.92. The van der Waals surface area contributed by atoms with Crippen molar-refractivity contribution in [3.8, 4) is 11.5 Å². The Morgan fingerprint density at radius 3 is 1.29 bits per heavy atom. The Hall–Kier alpha value is -4.58. The van der Waals surface area contributed by atoms with Gasteiger partial charge in [0.05, 0.1) is 24.3 Å². The van der Waals surface area contributed by atoms with Crippen LogP contribution in [0.4, 0.5) is 0 Å². The summed E-state index contributed by atoms with van der Waals surface area (Å²) >= 11 is 0. The van der Waals surface area contributed by atoms with E-state index in [1.54, 1.807) is 12.1 Å². The zero-order valence-electron chi connectivity index (χ0n) is 24.1. The summed E-state index contributed by atoms with van der Waals surface area (Å²) in [6, 6.07) is 35.0. The summed E-state index contributed by atoms with van der Waals surface area (Å²) in [5.74, 6) is 0.958. The molecule has 0 unspecified atom stereocenters. The van der Waals surface area contributed by atoms with Crippen LogP contribution in [0.5, 0.6) is 11.5 Å². The SMILES string of the molecule is O=C(NCCCCCCNC(=O)c1ccccc1OCCc1ccccc1)c1ccccc1OCCc1ccccc1. The predicted molar refractivity (Wildman–Crippen MR) is 167 cm³/mol. The number of hydrogen-bond donors (Lipinski definition) is 2. The molecule has 0 aromatic heterocycles. The van der Waals surface area contributed by atoms with Gasteiger partial charge in [0, 0.05) is 25.9 Å². The Labute approximate surface area is 249 Å². The van der Waals surface area contributed by atoms with E-state index in [-0.39, 0.29) is 11.8 Å². The molecule has 0 fully saturated rings. The molecule has 218 valence electrons. The second-order valence-electron chi connectivity index (χ2n) is 10.1. The standard InChI is InChI=1S/C36H40N2O4/c39-35(31-19-9-11-21-33(31)41-27-23-29-15-5-3-6-16-29)37-25-13-1-2-14-26-38-36(40)32-20-10-12-22-34(32)42-28-24-30-17-7-4-8-18-30/h3-12,15-22H,1-2,13-14,23-28H2,(H,37,39)(H,38,40). The average Bonchev–Trinajstić information content (AvgIpc) is 3.03. The lowest BCUT2D eigenvalue weighted by molar-refractivity contribution is 0.0939. The van der Waals surface area contributed by atoms with E-state index < -0.39 is 0 Å². The highest BCUT2D eigenvalue weighted by Gasteiger charge is 2.13. The minimum atomic E-state index is -0.123. The molecule has 0 saturated heterocycles. The van der Waals surface area contributed by atoms with Gasteiger partial charge in [-0.3, -0.25) is 9.59 Å². The molecule has 4 aromatic rings. The van der Waals surface area contributed by atoms with Gasteiger partial charge < -0.3 is 20.1 Å². The molecule has 2 N–H and O–H groups in total. The first-order valence-electron chi connectivity index (χ1n) is 14.8. The molecule has 2 amide bonds. The van der Waals surface area contributed by atoms with Crippen molar-refractivity contribution >= 4 is 11.8 Å². The highest BCUT2D eigenvalue weighted by molar-refractivity contribution is 5.97. The Morgan fingerprint density at radius 1 is 0.476 bits per heavy atom. The fourth-order valence-electron chi connectivity index (χ4n) is 4.61. The lowest BCUT2D eigenvalue weighted by Gasteiger charge is -2.12. The number of nitrogens with one attached hydrogen (secondary N) is 2. The molecule has 0 atom stereocenters. The average molecular weight is 565 g/mol. The van der Waals surface area contributed by atoms with E-state index in [0.29, 0.717) is 48.9 Å². The molecule has 6 nitrogen and oxygen atoms in total. The minimum Gasteiger partial charge on any atom is -0.492 e. The number of amides is 2. The molecular formula is C36H40N2O4. The molecule has 0 radical (unpaired) electrons. The second-order valence-corrected chi connectivity index (χ2v) is 10.1. The fraction of sp³-hybridized carbons (Fsp3) is 0.278. The molecule has 0 heterocycles. The van der Waals surface area contributed by atoms with Crippen LogP contribution in [0.1, 0.15) is 57.5 Å². The van der Waals surface area contributed by atoms with Crippen LogP contribution in [-0.2, 0) is 12.8 Å². The van der Waals surface area contributed by atoms with E-state index in [1.807, 2.05) is 72.8 Å². The molecule has 42 heavy (non-hydrogen) atoms. The van der Waals surface area contributed by atoms with Crippen LogP contribution in [-0.4, -0.2) is 38.1 Å². The molecule has 0 bridgehead atoms. The summed E-state index contributed by atoms with van der Waals surface area (Å²) in [6.07, 6.45) is 5.23. The molecule has 0 aliphatic carbocycles. The van der Waals surface area contributed by atoms with Gasteiger partial charge in [-0.2, -0.15) is 0 Å². The van der Waals surface area contributed by atoms with Crippen LogP contribution in [0.2, 0.25) is 0 Å². The number of benzene rings is 4. The van der Waals surface area contributed by atoms with Crippen molar-refractivity contribution in [1.82, 2.24) is 10.6 Å². The topological polar surface area (TPSA) is 76.7 Å². The summed E-state index contributed by atoms with van der Waals surface area (Å²) in [7, 11) is 0. The summed E-state index contributed by atoms with van der Waals surface area (Å²) in [4.78, 5) is 25.5. The normalized spacial score (nSPS) is 10.6. The Balaban J connectivity index is 1.09. The van der Waals surface area contributed by atoms with Gasteiger partial charge in [0.2, 0.25) is 0 Å². The number of carbonyl (C=O) groups excluding carboxylic acids is 2. The van der Waals surface area contributed by atoms with Gasteiger partial charge in [0.1, 0.15) is 11.5 Å². The molecule has 0 aliphatic rings. The van der Waals surface area contributed by atoms with Crippen molar-refractivity contribution in [3.63, 3.8) is 0 Å². The van der Waals surface area contributed by atoms with Crippen LogP contribution in [0.25, 0.3) is 0 Å². The first-order chi connectivity index (χ1) is 20.7. The molecule has 0 aliphatic heterocycles. The highest BCUT2D eigenvalue weighted by Crippen LogP contribution is 2.19. The largest absolute Gasteiger partial charge is 0.492 e. The van der Waals surface area contributed by atoms with E-state index in [9.17, 15) is 9.59 Å². The third-order valence-corrected chi connectivity index (χ3v) is 6.92. The van der Waals surface area contributed by atoms with Crippen molar-refractivity contribution in [2.75, 3.05) is 26.3 Å². The number of hydrogen-bond acceptors (Lipinski definition) is 4. The number of carbonyl (C=O) groups is 2. The molecule has 4 aromatic carbocycles. The Morgan fingerprint density at radius 2 is 0.857 bits per heavy atom. The zero-order chi connectivity index (χ0) is 29.2. The van der Waals surface area contributed by atoms with Crippen molar-refractivity contribution < 1.29 is 19.1 Å². The summed E-state index contributed by atoms with van der Waals surface area (Å²) in [5, 5.41) is 6.02. The smallest absolute Gasteiger partial charge is 0.255 e. The van der Waals surface area contributed by atoms with E-state index in [4.69, 9.17) is 9.47 Å². The summed E-state index contributed by atoms with van der Waals surface area (Å²) in [5.41, 5.74) is 3.51. The van der Waals surface area contributed by atoms with Crippen molar-refractivity contribution in [3.05, 3.63) is 131 Å². The van der Waals surface area contributed by atoms with Gasteiger partial charge in [-0.1, -0.05) is 97.8 Å². The van der Waals surface area contributed by atoms with Gasteiger partial charge in [-0.05, 0) is 48.2 Å². The first-order valence-corrected chi connectivity index (χ1v) is 14.8. The molecule has 4 rings (SSSR count). The van der Waals surface area contributed by atoms with Crippen LogP contribution in [0, 0.1) is 0 Å². The highest BCUT2D eigenvalue weighted by atomic mass is 16.5. The predicted octanol–water partition coefficient (Wildman–Crippen LogP) is 6.65. The van der Waals surface area contributed by atoms with E-state index >= 15 is 0 Å². The van der Waals surface area contributed by atoms with Crippen LogP contribution in [0.15, 0.2) is 109 Å². The van der Waals surface area contributed by atoms with Gasteiger partial charge in [-0.15, -0.1) is 0 Å². The number of unbranched alkanes of at least 4 members (excludes halogenated alkanes) is 3. The van der Waals surface area contributed by atoms with Crippen molar-refractivity contribution in [1.29, 1.82) is 0 Å². The molecule has 0 spiro atoms. The van der Waals surface area contributed by atoms with Gasteiger partial charge in [-0.25, -0.2) is 0 Å². The monoisotopic (exact) mass is 564 g/mol. The van der Waals surface area contributed by atoms with Crippen LogP contribution in [0.3, 0.4) is 0 Å². The van der Waals surface area contributed by atoms with Gasteiger partial charge in [0.15, 0.2) is 0 Å². The second kappa shape index (κ2) is 17.3. The third kappa shape index (κ3) is 10.1. The first kappa shape index (κ1) is 30.4.